The van der Waals surface area contributed by atoms with Gasteiger partial charge in [-0.25, -0.2) is 0 Å². The van der Waals surface area contributed by atoms with Crippen LogP contribution in [0.15, 0.2) is 42.5 Å². The van der Waals surface area contributed by atoms with Crippen LogP contribution < -0.4 is 0 Å². The molecule has 0 amide bonds. The van der Waals surface area contributed by atoms with Crippen LogP contribution in [-0.2, 0) is 73.0 Å². The van der Waals surface area contributed by atoms with Gasteiger partial charge in [-0.15, -0.1) is 0 Å². The van der Waals surface area contributed by atoms with Crippen molar-refractivity contribution in [1.82, 2.24) is 9.80 Å². The van der Waals surface area contributed by atoms with Gasteiger partial charge in [-0.2, -0.15) is 0 Å². The summed E-state index contributed by atoms with van der Waals surface area (Å²) in [6.45, 7) is 14.8. The molecule has 3 aliphatic heterocycles. The third kappa shape index (κ3) is 17.1. The number of nitrogens with zero attached hydrogens (tertiary/aromatic N) is 2. The molecule has 0 aromatic heterocycles. The predicted octanol–water partition coefficient (Wildman–Crippen LogP) is 4.72. The van der Waals surface area contributed by atoms with E-state index in [4.69, 9.17) is 42.6 Å². The lowest BCUT2D eigenvalue weighted by Gasteiger charge is -2.50. The summed E-state index contributed by atoms with van der Waals surface area (Å²) in [5.41, 5.74) is -0.0710. The highest BCUT2D eigenvalue weighted by Crippen LogP contribution is 2.39. The highest BCUT2D eigenvalue weighted by molar-refractivity contribution is 5.73. The molecule has 18 nitrogen and oxygen atoms in total. The molecule has 3 heterocycles. The zero-order chi connectivity index (χ0) is 51.7. The van der Waals surface area contributed by atoms with E-state index in [1.807, 2.05) is 31.2 Å². The van der Waals surface area contributed by atoms with Gasteiger partial charge in [0.25, 0.3) is 0 Å². The van der Waals surface area contributed by atoms with Gasteiger partial charge in [-0.1, -0.05) is 57.2 Å². The molecule has 1 aromatic carbocycles. The fourth-order valence-corrected chi connectivity index (χ4v) is 9.92. The van der Waals surface area contributed by atoms with Crippen LogP contribution in [0.3, 0.4) is 0 Å². The van der Waals surface area contributed by atoms with E-state index in [1.165, 1.54) is 19.6 Å². The Morgan fingerprint density at radius 2 is 1.61 bits per heavy atom. The first-order chi connectivity index (χ1) is 33.2. The van der Waals surface area contributed by atoms with E-state index in [2.05, 4.69) is 17.0 Å². The number of hydrogen-bond donors (Lipinski definition) is 2. The van der Waals surface area contributed by atoms with Crippen LogP contribution in [-0.4, -0.2) is 176 Å². The van der Waals surface area contributed by atoms with E-state index in [0.29, 0.717) is 19.6 Å². The molecular formula is C52H82N2O16. The number of hydrogen-bond acceptors (Lipinski definition) is 18. The molecule has 0 aliphatic carbocycles. The quantitative estimate of drug-likeness (QED) is 0.0669. The summed E-state index contributed by atoms with van der Waals surface area (Å²) in [6.07, 6.45) is -5.36. The lowest BCUT2D eigenvalue weighted by Crippen LogP contribution is -2.66. The normalized spacial score (nSPS) is 35.1. The average molecular weight is 991 g/mol. The monoisotopic (exact) mass is 991 g/mol. The SMILES string of the molecule is CCC(=O)O[C@@H]1CC(=O)OC(C)C=CCN(CCCCc2ccccc2)C[C@H](O)[C@H](C)C[C@H](CC=O)[C@H](O[C@@H]2OC(C)[C@@H](O[C@H]3CC(C)(OC(C)=O)[C@@H](OC(=O)CC)C(C)O3)C(N(C)C)C2O)[C@H]1OC. The average Bonchev–Trinajstić information content (AvgIpc) is 3.29. The molecule has 2 saturated heterocycles. The number of aldehydes is 1. The molecule has 18 heteroatoms. The number of aliphatic hydroxyl groups excluding tert-OH is 2. The Labute approximate surface area is 414 Å². The third-order valence-electron chi connectivity index (χ3n) is 13.5. The van der Waals surface area contributed by atoms with Crippen LogP contribution in [0.2, 0.25) is 0 Å². The van der Waals surface area contributed by atoms with Gasteiger partial charge in [0.2, 0.25) is 0 Å². The molecule has 3 aliphatic rings. The number of aryl methyl sites for hydroxylation is 1. The Hall–Kier alpha value is -3.85. The fraction of sp³-hybridized carbons (Fsp3) is 0.750. The Morgan fingerprint density at radius 1 is 0.929 bits per heavy atom. The van der Waals surface area contributed by atoms with Crippen molar-refractivity contribution >= 4 is 30.2 Å². The lowest BCUT2D eigenvalue weighted by molar-refractivity contribution is -0.344. The van der Waals surface area contributed by atoms with Gasteiger partial charge in [0.05, 0.1) is 36.9 Å². The number of likely N-dealkylation sites (N-methyl/N-ethyl adjacent to an activating group) is 1. The third-order valence-corrected chi connectivity index (χ3v) is 13.5. The topological polar surface area (TPSA) is 215 Å². The van der Waals surface area contributed by atoms with Gasteiger partial charge in [0.15, 0.2) is 24.3 Å². The smallest absolute Gasteiger partial charge is 0.310 e. The molecule has 70 heavy (non-hydrogen) atoms. The van der Waals surface area contributed by atoms with E-state index in [9.17, 15) is 34.2 Å². The van der Waals surface area contributed by atoms with Gasteiger partial charge < -0.3 is 62.5 Å². The molecule has 0 bridgehead atoms. The standard InChI is InChI=1S/C52H82N2O16/c1-12-41(58)66-40-29-43(60)63-33(4)20-19-26-54(25-18-17-23-37-21-15-14-16-22-37)31-39(57)32(3)28-38(24-27-55)48(49(40)62-11)69-51-46(61)45(53(9)10)47(34(5)65-51)68-44-30-52(8,70-36(7)56)50(35(6)64-44)67-42(59)13-2/h14-16,19-22,27,32-35,38-40,44-51,57,61H,12-13,17-18,23-26,28-31H2,1-11H3/t32-,33?,34?,35?,38+,39+,40-,44+,45?,46?,47-,48+,49+,50+,51+,52?/m1/s1. The van der Waals surface area contributed by atoms with Gasteiger partial charge in [0, 0.05) is 52.8 Å². The minimum absolute atomic E-state index is 0.0156. The summed E-state index contributed by atoms with van der Waals surface area (Å²) in [5, 5.41) is 24.2. The lowest BCUT2D eigenvalue weighted by atomic mass is 9.82. The summed E-state index contributed by atoms with van der Waals surface area (Å²) in [6, 6.07) is 9.44. The Balaban J connectivity index is 1.67. The summed E-state index contributed by atoms with van der Waals surface area (Å²) >= 11 is 0. The van der Waals surface area contributed by atoms with E-state index < -0.39 is 127 Å². The van der Waals surface area contributed by atoms with Gasteiger partial charge in [0.1, 0.15) is 36.8 Å². The van der Waals surface area contributed by atoms with Crippen LogP contribution in [0.4, 0.5) is 0 Å². The number of carbonyl (C=O) groups excluding carboxylic acids is 5. The second kappa shape index (κ2) is 28.4. The number of rotatable bonds is 18. The van der Waals surface area contributed by atoms with E-state index >= 15 is 0 Å². The number of methoxy groups -OCH3 is 1. The van der Waals surface area contributed by atoms with Gasteiger partial charge >= 0.3 is 23.9 Å². The number of esters is 4. The van der Waals surface area contributed by atoms with Crippen LogP contribution in [0.1, 0.15) is 112 Å². The first kappa shape index (κ1) is 58.7. The highest BCUT2D eigenvalue weighted by Gasteiger charge is 2.54. The van der Waals surface area contributed by atoms with Crippen LogP contribution in [0.5, 0.6) is 0 Å². The van der Waals surface area contributed by atoms with Crippen LogP contribution in [0.25, 0.3) is 0 Å². The van der Waals surface area contributed by atoms with Crippen molar-refractivity contribution in [2.45, 2.75) is 198 Å². The number of cyclic esters (lactones) is 1. The van der Waals surface area contributed by atoms with E-state index in [1.54, 1.807) is 66.6 Å². The summed E-state index contributed by atoms with van der Waals surface area (Å²) < 4.78 is 55.5. The Bertz CT molecular complexity index is 1820. The van der Waals surface area contributed by atoms with Crippen molar-refractivity contribution in [1.29, 1.82) is 0 Å². The summed E-state index contributed by atoms with van der Waals surface area (Å²) in [7, 11) is 4.89. The van der Waals surface area contributed by atoms with Crippen molar-refractivity contribution < 1.29 is 76.8 Å². The second-order valence-electron chi connectivity index (χ2n) is 19.6. The number of unbranched alkanes of at least 4 members (excludes halogenated alkanes) is 1. The largest absolute Gasteiger partial charge is 0.459 e. The van der Waals surface area contributed by atoms with E-state index in [0.717, 1.165) is 25.5 Å². The first-order valence-electron chi connectivity index (χ1n) is 25.1. The number of carbonyl (C=O) groups is 5. The molecule has 2 N–H and O–H groups in total. The minimum Gasteiger partial charge on any atom is -0.459 e. The predicted molar refractivity (Wildman–Crippen MR) is 257 cm³/mol. The number of benzene rings is 1. The molecule has 0 saturated carbocycles. The molecule has 0 spiro atoms. The van der Waals surface area contributed by atoms with Gasteiger partial charge in [-0.3, -0.25) is 24.1 Å². The molecule has 1 aromatic rings. The molecule has 396 valence electrons. The maximum absolute atomic E-state index is 13.7. The minimum atomic E-state index is -1.43. The van der Waals surface area contributed by atoms with Crippen molar-refractivity contribution in [3.8, 4) is 0 Å². The Kier molecular flexibility index (Phi) is 23.8. The first-order valence-corrected chi connectivity index (χ1v) is 25.1. The molecule has 0 radical (unpaired) electrons. The summed E-state index contributed by atoms with van der Waals surface area (Å²) in [5.74, 6) is -3.47. The second-order valence-corrected chi connectivity index (χ2v) is 19.6. The number of β-amino-alcohol motifs (C(OH)–C–C–N with tert-alkyl or cyclic N) is 1. The van der Waals surface area contributed by atoms with Crippen molar-refractivity contribution in [3.63, 3.8) is 0 Å². The van der Waals surface area contributed by atoms with Crippen molar-refractivity contribution in [2.75, 3.05) is 40.8 Å². The zero-order valence-electron chi connectivity index (χ0n) is 43.3. The number of aliphatic hydroxyl groups is 2. The zero-order valence-corrected chi connectivity index (χ0v) is 43.3. The van der Waals surface area contributed by atoms with Crippen LogP contribution >= 0.6 is 0 Å². The highest BCUT2D eigenvalue weighted by atomic mass is 16.7. The summed E-state index contributed by atoms with van der Waals surface area (Å²) in [4.78, 5) is 68.1. The maximum Gasteiger partial charge on any atom is 0.310 e. The number of ether oxygens (including phenoxy) is 9. The fourth-order valence-electron chi connectivity index (χ4n) is 9.92. The van der Waals surface area contributed by atoms with Crippen molar-refractivity contribution in [3.05, 3.63) is 48.0 Å². The molecule has 16 atom stereocenters. The van der Waals surface area contributed by atoms with Crippen LogP contribution in [0, 0.1) is 11.8 Å². The molecule has 2 fully saturated rings. The molecular weight excluding hydrogens is 909 g/mol. The van der Waals surface area contributed by atoms with Gasteiger partial charge in [-0.05, 0) is 97.5 Å². The van der Waals surface area contributed by atoms with Crippen molar-refractivity contribution in [2.24, 2.45) is 11.8 Å². The molecule has 6 unspecified atom stereocenters. The maximum atomic E-state index is 13.7. The molecule has 4 rings (SSSR count). The Morgan fingerprint density at radius 3 is 2.24 bits per heavy atom. The van der Waals surface area contributed by atoms with E-state index in [-0.39, 0.29) is 32.1 Å².